The Morgan fingerprint density at radius 1 is 1.43 bits per heavy atom. The molecular formula is C10H10ClN3. The first-order chi connectivity index (χ1) is 6.79. The summed E-state index contributed by atoms with van der Waals surface area (Å²) in [4.78, 5) is 7.32. The van der Waals surface area contributed by atoms with Gasteiger partial charge in [0.25, 0.3) is 0 Å². The van der Waals surface area contributed by atoms with Crippen LogP contribution >= 0.6 is 11.6 Å². The standard InChI is InChI=1S/C10H10ClN3/c11-8-3-1-2-7(4-8)10-13-6-9(5-12)14-10/h1-4,6H,5,12H2,(H,13,14). The predicted octanol–water partition coefficient (Wildman–Crippen LogP) is 2.19. The Morgan fingerprint density at radius 3 is 2.93 bits per heavy atom. The molecule has 14 heavy (non-hydrogen) atoms. The van der Waals surface area contributed by atoms with Crippen molar-refractivity contribution in [3.05, 3.63) is 41.2 Å². The van der Waals surface area contributed by atoms with Crippen LogP contribution in [0.1, 0.15) is 5.69 Å². The molecule has 0 radical (unpaired) electrons. The number of benzene rings is 1. The Hall–Kier alpha value is -1.32. The zero-order valence-corrected chi connectivity index (χ0v) is 8.25. The summed E-state index contributed by atoms with van der Waals surface area (Å²) in [5.74, 6) is 0.799. The second-order valence-electron chi connectivity index (χ2n) is 2.97. The maximum Gasteiger partial charge on any atom is 0.137 e. The molecule has 0 aliphatic heterocycles. The van der Waals surface area contributed by atoms with Crippen molar-refractivity contribution < 1.29 is 0 Å². The van der Waals surface area contributed by atoms with Crippen LogP contribution in [0.2, 0.25) is 5.02 Å². The van der Waals surface area contributed by atoms with Gasteiger partial charge in [-0.1, -0.05) is 23.7 Å². The summed E-state index contributed by atoms with van der Waals surface area (Å²) in [7, 11) is 0. The van der Waals surface area contributed by atoms with Gasteiger partial charge >= 0.3 is 0 Å². The van der Waals surface area contributed by atoms with Crippen molar-refractivity contribution in [1.29, 1.82) is 0 Å². The third-order valence-electron chi connectivity index (χ3n) is 1.95. The molecule has 72 valence electrons. The highest BCUT2D eigenvalue weighted by atomic mass is 35.5. The van der Waals surface area contributed by atoms with E-state index in [-0.39, 0.29) is 0 Å². The van der Waals surface area contributed by atoms with Crippen LogP contribution in [0.3, 0.4) is 0 Å². The van der Waals surface area contributed by atoms with E-state index in [0.29, 0.717) is 11.6 Å². The van der Waals surface area contributed by atoms with Crippen molar-refractivity contribution in [3.63, 3.8) is 0 Å². The van der Waals surface area contributed by atoms with E-state index < -0.39 is 0 Å². The number of nitrogens with zero attached hydrogens (tertiary/aromatic N) is 1. The molecule has 1 aromatic heterocycles. The van der Waals surface area contributed by atoms with Crippen LogP contribution in [-0.4, -0.2) is 9.97 Å². The third-order valence-corrected chi connectivity index (χ3v) is 2.18. The highest BCUT2D eigenvalue weighted by Crippen LogP contribution is 2.19. The lowest BCUT2D eigenvalue weighted by atomic mass is 10.2. The molecule has 0 aliphatic carbocycles. The Balaban J connectivity index is 2.39. The van der Waals surface area contributed by atoms with Gasteiger partial charge in [-0.25, -0.2) is 4.98 Å². The van der Waals surface area contributed by atoms with E-state index in [9.17, 15) is 0 Å². The lowest BCUT2D eigenvalue weighted by Gasteiger charge is -1.96. The summed E-state index contributed by atoms with van der Waals surface area (Å²) in [6, 6.07) is 7.53. The Kier molecular flexibility index (Phi) is 2.52. The van der Waals surface area contributed by atoms with Crippen molar-refractivity contribution in [3.8, 4) is 11.4 Å². The molecular weight excluding hydrogens is 198 g/mol. The molecule has 0 saturated heterocycles. The van der Waals surface area contributed by atoms with Crippen LogP contribution in [0, 0.1) is 0 Å². The molecule has 4 heteroatoms. The van der Waals surface area contributed by atoms with Crippen molar-refractivity contribution in [1.82, 2.24) is 9.97 Å². The normalized spacial score (nSPS) is 10.4. The predicted molar refractivity (Wildman–Crippen MR) is 56.9 cm³/mol. The minimum atomic E-state index is 0.466. The molecule has 2 rings (SSSR count). The molecule has 1 aromatic carbocycles. The SMILES string of the molecule is NCc1cnc(-c2cccc(Cl)c2)[nH]1. The monoisotopic (exact) mass is 207 g/mol. The molecule has 0 fully saturated rings. The third kappa shape index (κ3) is 1.78. The van der Waals surface area contributed by atoms with E-state index in [1.54, 1.807) is 6.20 Å². The van der Waals surface area contributed by atoms with Gasteiger partial charge in [-0.2, -0.15) is 0 Å². The van der Waals surface area contributed by atoms with E-state index in [1.165, 1.54) is 0 Å². The number of nitrogens with two attached hydrogens (primary N) is 1. The molecule has 0 unspecified atom stereocenters. The van der Waals surface area contributed by atoms with Gasteiger partial charge in [-0.05, 0) is 12.1 Å². The first-order valence-corrected chi connectivity index (χ1v) is 4.67. The minimum Gasteiger partial charge on any atom is -0.341 e. The van der Waals surface area contributed by atoms with Crippen molar-refractivity contribution in [2.75, 3.05) is 0 Å². The Bertz CT molecular complexity index is 436. The van der Waals surface area contributed by atoms with Crippen molar-refractivity contribution in [2.24, 2.45) is 5.73 Å². The number of halogens is 1. The molecule has 1 heterocycles. The van der Waals surface area contributed by atoms with Gasteiger partial charge in [0.05, 0.1) is 0 Å². The summed E-state index contributed by atoms with van der Waals surface area (Å²) < 4.78 is 0. The number of aromatic amines is 1. The number of imidazole rings is 1. The van der Waals surface area contributed by atoms with Crippen LogP contribution in [0.5, 0.6) is 0 Å². The summed E-state index contributed by atoms with van der Waals surface area (Å²) in [6.45, 7) is 0.466. The first kappa shape index (κ1) is 9.24. The fourth-order valence-corrected chi connectivity index (χ4v) is 1.44. The van der Waals surface area contributed by atoms with Crippen molar-refractivity contribution in [2.45, 2.75) is 6.54 Å². The van der Waals surface area contributed by atoms with Gasteiger partial charge in [0, 0.05) is 29.0 Å². The number of hydrogen-bond acceptors (Lipinski definition) is 2. The summed E-state index contributed by atoms with van der Waals surface area (Å²) in [5.41, 5.74) is 7.36. The van der Waals surface area contributed by atoms with Crippen LogP contribution in [0.4, 0.5) is 0 Å². The average molecular weight is 208 g/mol. The smallest absolute Gasteiger partial charge is 0.137 e. The zero-order chi connectivity index (χ0) is 9.97. The van der Waals surface area contributed by atoms with Gasteiger partial charge in [-0.15, -0.1) is 0 Å². The summed E-state index contributed by atoms with van der Waals surface area (Å²) in [5, 5.41) is 0.702. The van der Waals surface area contributed by atoms with Gasteiger partial charge in [-0.3, -0.25) is 0 Å². The first-order valence-electron chi connectivity index (χ1n) is 4.29. The Morgan fingerprint density at radius 2 is 2.29 bits per heavy atom. The average Bonchev–Trinajstić information content (AvgIpc) is 2.66. The number of rotatable bonds is 2. The van der Waals surface area contributed by atoms with Gasteiger partial charge in [0.2, 0.25) is 0 Å². The van der Waals surface area contributed by atoms with E-state index in [1.807, 2.05) is 24.3 Å². The second-order valence-corrected chi connectivity index (χ2v) is 3.41. The highest BCUT2D eigenvalue weighted by Gasteiger charge is 2.02. The quantitative estimate of drug-likeness (QED) is 0.793. The minimum absolute atomic E-state index is 0.466. The van der Waals surface area contributed by atoms with Gasteiger partial charge < -0.3 is 10.7 Å². The molecule has 0 atom stereocenters. The topological polar surface area (TPSA) is 54.7 Å². The van der Waals surface area contributed by atoms with Gasteiger partial charge in [0.15, 0.2) is 0 Å². The van der Waals surface area contributed by atoms with E-state index in [2.05, 4.69) is 9.97 Å². The number of H-pyrrole nitrogens is 1. The molecule has 0 amide bonds. The van der Waals surface area contributed by atoms with Gasteiger partial charge in [0.1, 0.15) is 5.82 Å². The molecule has 2 aromatic rings. The lowest BCUT2D eigenvalue weighted by Crippen LogP contribution is -1.95. The maximum absolute atomic E-state index is 5.87. The molecule has 3 N–H and O–H groups in total. The maximum atomic E-state index is 5.87. The number of hydrogen-bond donors (Lipinski definition) is 2. The number of nitrogens with one attached hydrogen (secondary N) is 1. The van der Waals surface area contributed by atoms with Crippen LogP contribution in [-0.2, 0) is 6.54 Å². The zero-order valence-electron chi connectivity index (χ0n) is 7.50. The molecule has 0 bridgehead atoms. The molecule has 3 nitrogen and oxygen atoms in total. The highest BCUT2D eigenvalue weighted by molar-refractivity contribution is 6.30. The molecule has 0 aliphatic rings. The summed E-state index contributed by atoms with van der Waals surface area (Å²) in [6.07, 6.45) is 1.73. The largest absolute Gasteiger partial charge is 0.341 e. The second kappa shape index (κ2) is 3.82. The van der Waals surface area contributed by atoms with E-state index in [4.69, 9.17) is 17.3 Å². The fraction of sp³-hybridized carbons (Fsp3) is 0.100. The van der Waals surface area contributed by atoms with Crippen LogP contribution in [0.15, 0.2) is 30.5 Å². The molecule has 0 spiro atoms. The fourth-order valence-electron chi connectivity index (χ4n) is 1.25. The molecule has 0 saturated carbocycles. The van der Waals surface area contributed by atoms with E-state index >= 15 is 0 Å². The Labute approximate surface area is 86.9 Å². The van der Waals surface area contributed by atoms with Crippen LogP contribution in [0.25, 0.3) is 11.4 Å². The number of aromatic nitrogens is 2. The van der Waals surface area contributed by atoms with E-state index in [0.717, 1.165) is 17.1 Å². The van der Waals surface area contributed by atoms with Crippen molar-refractivity contribution >= 4 is 11.6 Å². The lowest BCUT2D eigenvalue weighted by molar-refractivity contribution is 1.01. The van der Waals surface area contributed by atoms with Crippen LogP contribution < -0.4 is 5.73 Å². The summed E-state index contributed by atoms with van der Waals surface area (Å²) >= 11 is 5.87.